The predicted octanol–water partition coefficient (Wildman–Crippen LogP) is 1.44. The summed E-state index contributed by atoms with van der Waals surface area (Å²) in [6.45, 7) is 3.46. The lowest BCUT2D eigenvalue weighted by Crippen LogP contribution is -2.30. The van der Waals surface area contributed by atoms with E-state index in [1.54, 1.807) is 0 Å². The van der Waals surface area contributed by atoms with Crippen LogP contribution in [0.3, 0.4) is 0 Å². The third-order valence-electron chi connectivity index (χ3n) is 2.60. The zero-order valence-electron chi connectivity index (χ0n) is 7.08. The molecule has 0 amide bonds. The quantitative estimate of drug-likeness (QED) is 0.504. The van der Waals surface area contributed by atoms with Crippen molar-refractivity contribution in [1.82, 2.24) is 0 Å². The van der Waals surface area contributed by atoms with Crippen LogP contribution in [0.15, 0.2) is 4.99 Å². The van der Waals surface area contributed by atoms with E-state index in [0.717, 1.165) is 0 Å². The fourth-order valence-electron chi connectivity index (χ4n) is 1.91. The van der Waals surface area contributed by atoms with Gasteiger partial charge in [-0.05, 0) is 19.3 Å². The smallest absolute Gasteiger partial charge is 0.252 e. The van der Waals surface area contributed by atoms with Gasteiger partial charge in [-0.1, -0.05) is 11.9 Å². The summed E-state index contributed by atoms with van der Waals surface area (Å²) in [5.41, 5.74) is 0. The number of amidine groups is 1. The standard InChI is InChI=1S/C9H15N2/c1-2-8-7-10-9-5-3-4-6-11(8)9/h7-8H,2-6H2,1H3/q+1. The number of nitrogens with zero attached hydrogens (tertiary/aromatic N) is 2. The topological polar surface area (TPSA) is 15.4 Å². The second-order valence-electron chi connectivity index (χ2n) is 3.32. The van der Waals surface area contributed by atoms with Gasteiger partial charge >= 0.3 is 0 Å². The third-order valence-corrected chi connectivity index (χ3v) is 2.60. The molecule has 11 heavy (non-hydrogen) atoms. The van der Waals surface area contributed by atoms with Crippen LogP contribution in [-0.2, 0) is 0 Å². The molecule has 0 saturated heterocycles. The zero-order valence-corrected chi connectivity index (χ0v) is 7.08. The van der Waals surface area contributed by atoms with E-state index in [1.807, 2.05) is 0 Å². The van der Waals surface area contributed by atoms with Crippen molar-refractivity contribution in [2.75, 3.05) is 6.54 Å². The van der Waals surface area contributed by atoms with Crippen LogP contribution in [0, 0.1) is 0 Å². The van der Waals surface area contributed by atoms with Crippen molar-refractivity contribution in [2.24, 2.45) is 4.99 Å². The summed E-state index contributed by atoms with van der Waals surface area (Å²) in [4.78, 5) is 4.43. The Bertz CT molecular complexity index is 216. The molecular formula is C9H15N2+. The van der Waals surface area contributed by atoms with Crippen molar-refractivity contribution in [1.29, 1.82) is 0 Å². The van der Waals surface area contributed by atoms with E-state index in [2.05, 4.69) is 22.7 Å². The van der Waals surface area contributed by atoms with Gasteiger partial charge in [0.1, 0.15) is 0 Å². The second-order valence-corrected chi connectivity index (χ2v) is 3.32. The molecule has 0 N–H and O–H groups in total. The first-order chi connectivity index (χ1) is 5.42. The van der Waals surface area contributed by atoms with Crippen LogP contribution in [0.25, 0.3) is 0 Å². The van der Waals surface area contributed by atoms with E-state index >= 15 is 0 Å². The van der Waals surface area contributed by atoms with E-state index in [1.165, 1.54) is 38.1 Å². The van der Waals surface area contributed by atoms with Crippen LogP contribution < -0.4 is 0 Å². The fraction of sp³-hybridized carbons (Fsp3) is 0.778. The Labute approximate surface area is 67.6 Å². The Morgan fingerprint density at radius 2 is 2.55 bits per heavy atom. The van der Waals surface area contributed by atoms with Gasteiger partial charge in [0.25, 0.3) is 5.84 Å². The maximum absolute atomic E-state index is 4.43. The van der Waals surface area contributed by atoms with Crippen molar-refractivity contribution in [2.45, 2.75) is 38.6 Å². The summed E-state index contributed by atoms with van der Waals surface area (Å²) >= 11 is 0. The third kappa shape index (κ3) is 1.10. The number of hydrogen-bond donors (Lipinski definition) is 0. The average Bonchev–Trinajstić information content (AvgIpc) is 2.47. The highest BCUT2D eigenvalue weighted by molar-refractivity contribution is 5.90. The van der Waals surface area contributed by atoms with Crippen molar-refractivity contribution >= 4 is 12.1 Å². The van der Waals surface area contributed by atoms with Gasteiger partial charge in [0, 0.05) is 0 Å². The van der Waals surface area contributed by atoms with E-state index < -0.39 is 0 Å². The molecule has 0 bridgehead atoms. The monoisotopic (exact) mass is 151 g/mol. The van der Waals surface area contributed by atoms with Gasteiger partial charge in [0.05, 0.1) is 13.0 Å². The molecule has 60 valence electrons. The first-order valence-electron chi connectivity index (χ1n) is 4.58. The summed E-state index contributed by atoms with van der Waals surface area (Å²) < 4.78 is 2.46. The molecule has 0 aromatic rings. The van der Waals surface area contributed by atoms with Crippen molar-refractivity contribution in [3.05, 3.63) is 0 Å². The highest BCUT2D eigenvalue weighted by atomic mass is 15.2. The molecule has 0 radical (unpaired) electrons. The van der Waals surface area contributed by atoms with Gasteiger partial charge in [-0.3, -0.25) is 4.58 Å². The molecule has 1 atom stereocenters. The molecule has 2 aliphatic heterocycles. The summed E-state index contributed by atoms with van der Waals surface area (Å²) in [6, 6.07) is 0.616. The van der Waals surface area contributed by atoms with Gasteiger partial charge in [-0.15, -0.1) is 0 Å². The minimum atomic E-state index is 0.616. The van der Waals surface area contributed by atoms with Crippen LogP contribution in [-0.4, -0.2) is 29.2 Å². The molecule has 2 heteroatoms. The first kappa shape index (κ1) is 7.01. The largest absolute Gasteiger partial charge is 0.294 e. The molecule has 2 aliphatic rings. The molecule has 2 rings (SSSR count). The molecule has 0 fully saturated rings. The molecule has 2 heterocycles. The highest BCUT2D eigenvalue weighted by Crippen LogP contribution is 2.14. The SMILES string of the molecule is CCC1C=NC2=[N+]1CCCC2. The Hall–Kier alpha value is -0.660. The summed E-state index contributed by atoms with van der Waals surface area (Å²) in [5, 5.41) is 0. The van der Waals surface area contributed by atoms with Crippen molar-refractivity contribution in [3.8, 4) is 0 Å². The maximum atomic E-state index is 4.43. The average molecular weight is 151 g/mol. The van der Waals surface area contributed by atoms with Crippen LogP contribution in [0.2, 0.25) is 0 Å². The second kappa shape index (κ2) is 2.76. The summed E-state index contributed by atoms with van der Waals surface area (Å²) in [5.74, 6) is 1.34. The normalized spacial score (nSPS) is 29.4. The van der Waals surface area contributed by atoms with E-state index in [-0.39, 0.29) is 0 Å². The maximum Gasteiger partial charge on any atom is 0.294 e. The Morgan fingerprint density at radius 3 is 3.36 bits per heavy atom. The molecule has 0 spiro atoms. The molecule has 0 aromatic carbocycles. The van der Waals surface area contributed by atoms with Crippen LogP contribution in [0.1, 0.15) is 32.6 Å². The molecule has 0 saturated carbocycles. The van der Waals surface area contributed by atoms with Gasteiger partial charge in [0.15, 0.2) is 12.3 Å². The minimum absolute atomic E-state index is 0.616. The van der Waals surface area contributed by atoms with E-state index in [9.17, 15) is 0 Å². The fourth-order valence-corrected chi connectivity index (χ4v) is 1.91. The number of rotatable bonds is 1. The number of aliphatic imine (C=N–C) groups is 1. The molecular weight excluding hydrogens is 136 g/mol. The lowest BCUT2D eigenvalue weighted by molar-refractivity contribution is -0.550. The molecule has 0 aromatic heterocycles. The van der Waals surface area contributed by atoms with Gasteiger partial charge in [0.2, 0.25) is 0 Å². The van der Waals surface area contributed by atoms with Crippen LogP contribution in [0.5, 0.6) is 0 Å². The van der Waals surface area contributed by atoms with Gasteiger partial charge in [-0.2, -0.15) is 0 Å². The molecule has 0 aliphatic carbocycles. The number of hydrogen-bond acceptors (Lipinski definition) is 1. The molecule has 1 unspecified atom stereocenters. The van der Waals surface area contributed by atoms with E-state index in [4.69, 9.17) is 0 Å². The van der Waals surface area contributed by atoms with Crippen LogP contribution in [0.4, 0.5) is 0 Å². The zero-order chi connectivity index (χ0) is 7.68. The first-order valence-corrected chi connectivity index (χ1v) is 4.58. The highest BCUT2D eigenvalue weighted by Gasteiger charge is 2.29. The Balaban J connectivity index is 2.21. The lowest BCUT2D eigenvalue weighted by Gasteiger charge is -2.13. The van der Waals surface area contributed by atoms with E-state index in [0.29, 0.717) is 6.04 Å². The summed E-state index contributed by atoms with van der Waals surface area (Å²) in [6.07, 6.45) is 7.20. The minimum Gasteiger partial charge on any atom is -0.252 e. The van der Waals surface area contributed by atoms with Crippen molar-refractivity contribution in [3.63, 3.8) is 0 Å². The van der Waals surface area contributed by atoms with Crippen LogP contribution >= 0.6 is 0 Å². The Morgan fingerprint density at radius 1 is 1.64 bits per heavy atom. The molecule has 2 nitrogen and oxygen atoms in total. The lowest BCUT2D eigenvalue weighted by atomic mass is 10.1. The van der Waals surface area contributed by atoms with Gasteiger partial charge in [-0.25, -0.2) is 0 Å². The Kier molecular flexibility index (Phi) is 1.76. The predicted molar refractivity (Wildman–Crippen MR) is 46.6 cm³/mol. The van der Waals surface area contributed by atoms with Crippen molar-refractivity contribution < 1.29 is 4.58 Å². The van der Waals surface area contributed by atoms with Gasteiger partial charge < -0.3 is 0 Å². The summed E-state index contributed by atoms with van der Waals surface area (Å²) in [7, 11) is 0.